The highest BCUT2D eigenvalue weighted by Crippen LogP contribution is 2.41. The third-order valence-electron chi connectivity index (χ3n) is 8.36. The van der Waals surface area contributed by atoms with Crippen molar-refractivity contribution in [3.8, 4) is 0 Å². The number of fused-ring (bicyclic) bond motifs is 1. The molecule has 3 atom stereocenters. The lowest BCUT2D eigenvalue weighted by Crippen LogP contribution is -2.47. The zero-order valence-corrected chi connectivity index (χ0v) is 24.8. The van der Waals surface area contributed by atoms with Crippen LogP contribution in [-0.2, 0) is 27.6 Å². The number of carbonyl (C=O) groups is 2. The Hall–Kier alpha value is -3.63. The Kier molecular flexibility index (Phi) is 8.46. The lowest BCUT2D eigenvalue weighted by molar-refractivity contribution is -0.183. The van der Waals surface area contributed by atoms with E-state index in [-0.39, 0.29) is 59.7 Å². The molecule has 240 valence electrons. The first-order valence-corrected chi connectivity index (χ1v) is 16.1. The monoisotopic (exact) mass is 645 g/mol. The van der Waals surface area contributed by atoms with Crippen LogP contribution in [0.3, 0.4) is 0 Å². The molecule has 1 aliphatic carbocycles. The molecule has 2 aliphatic rings. The maximum Gasteiger partial charge on any atom is 0.393 e. The zero-order valence-electron chi connectivity index (χ0n) is 23.9. The summed E-state index contributed by atoms with van der Waals surface area (Å²) in [5.41, 5.74) is 0.443. The predicted octanol–water partition coefficient (Wildman–Crippen LogP) is 3.50. The van der Waals surface area contributed by atoms with Gasteiger partial charge >= 0.3 is 6.18 Å². The topological polar surface area (TPSA) is 140 Å². The summed E-state index contributed by atoms with van der Waals surface area (Å²) in [6.07, 6.45) is -2.23. The molecule has 2 fully saturated rings. The van der Waals surface area contributed by atoms with E-state index in [1.54, 1.807) is 6.92 Å². The van der Waals surface area contributed by atoms with Gasteiger partial charge in [0.2, 0.25) is 11.8 Å². The van der Waals surface area contributed by atoms with Crippen LogP contribution in [0.5, 0.6) is 0 Å². The summed E-state index contributed by atoms with van der Waals surface area (Å²) >= 11 is 0. The fraction of sp³-hybridized carbons (Fsp3) is 0.593. The van der Waals surface area contributed by atoms with Crippen LogP contribution in [0.25, 0.3) is 5.65 Å². The quantitative estimate of drug-likeness (QED) is 0.358. The number of amides is 2. The van der Waals surface area contributed by atoms with Crippen LogP contribution in [0.4, 0.5) is 22.0 Å². The first-order valence-electron chi connectivity index (χ1n) is 14.2. The maximum atomic E-state index is 14.0. The van der Waals surface area contributed by atoms with Crippen molar-refractivity contribution in [3.63, 3.8) is 0 Å². The van der Waals surface area contributed by atoms with Crippen molar-refractivity contribution >= 4 is 27.3 Å². The van der Waals surface area contributed by atoms with E-state index < -0.39 is 70.5 Å². The van der Waals surface area contributed by atoms with E-state index in [0.717, 1.165) is 6.26 Å². The second-order valence-corrected chi connectivity index (χ2v) is 13.5. The molecule has 1 aliphatic heterocycles. The molecular formula is C27H32F5N7O4S. The fourth-order valence-corrected chi connectivity index (χ4v) is 6.83. The van der Waals surface area contributed by atoms with Crippen LogP contribution in [0.2, 0.25) is 0 Å². The molecule has 0 aromatic carbocycles. The molecule has 3 aromatic rings. The Labute approximate surface area is 249 Å². The molecule has 0 spiro atoms. The molecule has 5 rings (SSSR count). The van der Waals surface area contributed by atoms with Crippen LogP contribution < -0.4 is 10.6 Å². The highest BCUT2D eigenvalue weighted by Gasteiger charge is 2.45. The summed E-state index contributed by atoms with van der Waals surface area (Å²) < 4.78 is 96.4. The van der Waals surface area contributed by atoms with Crippen molar-refractivity contribution in [1.29, 1.82) is 0 Å². The molecule has 17 heteroatoms. The summed E-state index contributed by atoms with van der Waals surface area (Å²) in [4.78, 5) is 30.0. The van der Waals surface area contributed by atoms with Gasteiger partial charge in [0.05, 0.1) is 34.4 Å². The molecule has 0 radical (unpaired) electrons. The SMILES string of the molecule is CCn1nccc1C(=O)NC(c1cn2nc(CC3C[C@@H](C(F)(F)F)CNC3=O)c(S(C)(=O)=O)cc2n1)C1CCC(F)(F)CC1. The number of alkyl halides is 5. The molecule has 1 saturated heterocycles. The van der Waals surface area contributed by atoms with E-state index in [4.69, 9.17) is 0 Å². The summed E-state index contributed by atoms with van der Waals surface area (Å²) in [5.74, 6) is -7.36. The molecule has 2 amide bonds. The van der Waals surface area contributed by atoms with E-state index in [9.17, 15) is 40.0 Å². The number of aromatic nitrogens is 5. The van der Waals surface area contributed by atoms with Gasteiger partial charge in [-0.05, 0) is 38.2 Å². The Balaban J connectivity index is 1.51. The molecular weight excluding hydrogens is 613 g/mol. The van der Waals surface area contributed by atoms with Crippen LogP contribution in [0.1, 0.15) is 66.9 Å². The van der Waals surface area contributed by atoms with Crippen molar-refractivity contribution in [2.75, 3.05) is 12.8 Å². The van der Waals surface area contributed by atoms with Crippen LogP contribution in [0, 0.1) is 17.8 Å². The molecule has 1 saturated carbocycles. The van der Waals surface area contributed by atoms with Crippen molar-refractivity contribution in [2.45, 2.75) is 75.0 Å². The number of hydrogen-bond acceptors (Lipinski definition) is 7. The minimum atomic E-state index is -4.54. The number of aryl methyl sites for hydroxylation is 1. The van der Waals surface area contributed by atoms with Crippen LogP contribution >= 0.6 is 0 Å². The van der Waals surface area contributed by atoms with Crippen LogP contribution in [-0.4, -0.2) is 69.5 Å². The molecule has 2 unspecified atom stereocenters. The zero-order chi connectivity index (χ0) is 32.0. The first-order chi connectivity index (χ1) is 20.6. The first kappa shape index (κ1) is 31.8. The Morgan fingerprint density at radius 1 is 1.25 bits per heavy atom. The average molecular weight is 646 g/mol. The normalized spacial score (nSPS) is 22.1. The number of piperidine rings is 1. The molecule has 2 N–H and O–H groups in total. The van der Waals surface area contributed by atoms with Gasteiger partial charge in [-0.3, -0.25) is 14.3 Å². The van der Waals surface area contributed by atoms with E-state index in [2.05, 4.69) is 25.8 Å². The fourth-order valence-electron chi connectivity index (χ4n) is 5.96. The molecule has 11 nitrogen and oxygen atoms in total. The number of sulfone groups is 1. The minimum absolute atomic E-state index is 0.0597. The summed E-state index contributed by atoms with van der Waals surface area (Å²) in [7, 11) is -3.97. The van der Waals surface area contributed by atoms with Gasteiger partial charge in [0.25, 0.3) is 5.91 Å². The molecule has 3 aromatic heterocycles. The lowest BCUT2D eigenvalue weighted by atomic mass is 9.81. The second kappa shape index (κ2) is 11.7. The number of hydrogen-bond donors (Lipinski definition) is 2. The number of rotatable bonds is 8. The third-order valence-corrected chi connectivity index (χ3v) is 9.51. The minimum Gasteiger partial charge on any atom is -0.355 e. The summed E-state index contributed by atoms with van der Waals surface area (Å²) in [6, 6.07) is 1.89. The van der Waals surface area contributed by atoms with Crippen molar-refractivity contribution in [1.82, 2.24) is 35.0 Å². The number of carbonyl (C=O) groups excluding carboxylic acids is 2. The second-order valence-electron chi connectivity index (χ2n) is 11.5. The number of nitrogens with zero attached hydrogens (tertiary/aromatic N) is 5. The largest absolute Gasteiger partial charge is 0.393 e. The van der Waals surface area contributed by atoms with Crippen LogP contribution in [0.15, 0.2) is 29.4 Å². The average Bonchev–Trinajstić information content (AvgIpc) is 3.58. The van der Waals surface area contributed by atoms with Gasteiger partial charge in [-0.1, -0.05) is 0 Å². The van der Waals surface area contributed by atoms with E-state index >= 15 is 0 Å². The third kappa shape index (κ3) is 6.71. The molecule has 44 heavy (non-hydrogen) atoms. The van der Waals surface area contributed by atoms with E-state index in [1.165, 1.54) is 33.7 Å². The molecule has 4 heterocycles. The van der Waals surface area contributed by atoms with Gasteiger partial charge in [-0.2, -0.15) is 23.4 Å². The Morgan fingerprint density at radius 3 is 2.59 bits per heavy atom. The summed E-state index contributed by atoms with van der Waals surface area (Å²) in [5, 5.41) is 13.6. The lowest BCUT2D eigenvalue weighted by Gasteiger charge is -2.33. The standard InChI is InChI=1S/C27H32F5N7O4S/c1-3-38-20(6-9-34-38)25(41)36-23(15-4-7-26(28,29)8-5-15)19-14-39-22(35-19)12-21(44(2,42)43)18(37-39)11-16-10-17(27(30,31)32)13-33-24(16)40/h6,9,12,14-17,23H,3-5,7-8,10-11,13H2,1-2H3,(H,33,40)(H,36,41)/t16?,17-,23?/m1/s1. The highest BCUT2D eigenvalue weighted by molar-refractivity contribution is 7.90. The van der Waals surface area contributed by atoms with Crippen molar-refractivity contribution < 1.29 is 40.0 Å². The highest BCUT2D eigenvalue weighted by atomic mass is 32.2. The van der Waals surface area contributed by atoms with Gasteiger partial charge in [-0.15, -0.1) is 0 Å². The smallest absolute Gasteiger partial charge is 0.355 e. The maximum absolute atomic E-state index is 14.0. The van der Waals surface area contributed by atoms with Crippen molar-refractivity contribution in [2.24, 2.45) is 17.8 Å². The number of imidazole rings is 1. The van der Waals surface area contributed by atoms with Crippen molar-refractivity contribution in [3.05, 3.63) is 41.6 Å². The number of nitrogens with one attached hydrogen (secondary N) is 2. The molecule has 0 bridgehead atoms. The Bertz CT molecular complexity index is 1660. The van der Waals surface area contributed by atoms with E-state index in [1.807, 2.05) is 0 Å². The van der Waals surface area contributed by atoms with E-state index in [0.29, 0.717) is 6.54 Å². The predicted molar refractivity (Wildman–Crippen MR) is 145 cm³/mol. The Morgan fingerprint density at radius 2 is 1.95 bits per heavy atom. The number of halogens is 5. The van der Waals surface area contributed by atoms with Gasteiger partial charge in [0.1, 0.15) is 5.69 Å². The van der Waals surface area contributed by atoms with Gasteiger partial charge in [0, 0.05) is 56.8 Å². The van der Waals surface area contributed by atoms with Gasteiger partial charge < -0.3 is 10.6 Å². The van der Waals surface area contributed by atoms with Gasteiger partial charge in [0.15, 0.2) is 15.5 Å². The summed E-state index contributed by atoms with van der Waals surface area (Å²) in [6.45, 7) is 1.65. The van der Waals surface area contributed by atoms with Gasteiger partial charge in [-0.25, -0.2) is 26.7 Å².